The van der Waals surface area contributed by atoms with Crippen molar-refractivity contribution in [2.24, 2.45) is 0 Å². The van der Waals surface area contributed by atoms with Gasteiger partial charge in [-0.3, -0.25) is 24.6 Å². The van der Waals surface area contributed by atoms with Gasteiger partial charge in [0.05, 0.1) is 35.6 Å². The largest absolute Gasteiger partial charge is 0.277 e. The second kappa shape index (κ2) is 12.1. The Morgan fingerprint density at radius 2 is 0.591 bits per heavy atom. The summed E-state index contributed by atoms with van der Waals surface area (Å²) in [6, 6.07) is 51.0. The zero-order chi connectivity index (χ0) is 30.2. The molecule has 2 aliphatic rings. The Kier molecular flexibility index (Phi) is 7.87. The Balaban J connectivity index is 1.28. The number of pyridine rings is 1. The van der Waals surface area contributed by atoms with Crippen molar-refractivity contribution in [2.75, 3.05) is 28.2 Å². The fourth-order valence-corrected chi connectivity index (χ4v) is 7.94. The van der Waals surface area contributed by atoms with Crippen molar-refractivity contribution >= 4 is 0 Å². The number of aromatic nitrogens is 1. The van der Waals surface area contributed by atoms with E-state index in [4.69, 9.17) is 4.98 Å². The summed E-state index contributed by atoms with van der Waals surface area (Å²) in [6.07, 6.45) is 0.0504. The van der Waals surface area contributed by atoms with Gasteiger partial charge in [-0.2, -0.15) is 0 Å². The van der Waals surface area contributed by atoms with Gasteiger partial charge in [-0.15, -0.1) is 0 Å². The Hall–Kier alpha value is -4.13. The molecule has 0 radical (unpaired) electrons. The van der Waals surface area contributed by atoms with E-state index in [2.05, 4.69) is 187 Å². The SMILES string of the molecule is CN1C(c2cccc(C3N(C)[C@H](c4ccccc4)[C@@H](c4ccccc4)N3C)n2)N(C)[C@H](c2ccccc2)[C@H]1c1ccccc1. The predicted octanol–water partition coefficient (Wildman–Crippen LogP) is 7.80. The van der Waals surface area contributed by atoms with Crippen LogP contribution < -0.4 is 0 Å². The lowest BCUT2D eigenvalue weighted by Gasteiger charge is -2.30. The van der Waals surface area contributed by atoms with Crippen molar-refractivity contribution in [1.82, 2.24) is 24.6 Å². The van der Waals surface area contributed by atoms with Gasteiger partial charge < -0.3 is 0 Å². The maximum absolute atomic E-state index is 5.48. The van der Waals surface area contributed by atoms with Crippen LogP contribution in [0.5, 0.6) is 0 Å². The zero-order valence-corrected chi connectivity index (χ0v) is 26.0. The van der Waals surface area contributed by atoms with Gasteiger partial charge in [-0.25, -0.2) is 0 Å². The van der Waals surface area contributed by atoms with Gasteiger partial charge in [-0.05, 0) is 62.6 Å². The first-order valence-corrected chi connectivity index (χ1v) is 15.6. The summed E-state index contributed by atoms with van der Waals surface area (Å²) >= 11 is 0. The number of hydrogen-bond acceptors (Lipinski definition) is 5. The predicted molar refractivity (Wildman–Crippen MR) is 178 cm³/mol. The molecule has 0 aliphatic carbocycles. The van der Waals surface area contributed by atoms with Crippen LogP contribution in [0, 0.1) is 0 Å². The molecule has 5 heteroatoms. The highest BCUT2D eigenvalue weighted by Crippen LogP contribution is 2.52. The van der Waals surface area contributed by atoms with Crippen molar-refractivity contribution in [3.05, 3.63) is 173 Å². The van der Waals surface area contributed by atoms with E-state index >= 15 is 0 Å². The molecule has 2 saturated heterocycles. The monoisotopic (exact) mass is 579 g/mol. The van der Waals surface area contributed by atoms with Crippen LogP contribution in [0.15, 0.2) is 140 Å². The number of likely N-dealkylation sites (N-methyl/N-ethyl adjacent to an activating group) is 4. The van der Waals surface area contributed by atoms with Crippen molar-refractivity contribution < 1.29 is 0 Å². The third-order valence-corrected chi connectivity index (χ3v) is 9.78. The maximum atomic E-state index is 5.48. The molecule has 7 rings (SSSR count). The van der Waals surface area contributed by atoms with E-state index in [1.54, 1.807) is 0 Å². The highest BCUT2D eigenvalue weighted by molar-refractivity contribution is 5.34. The fourth-order valence-electron chi connectivity index (χ4n) is 7.94. The van der Waals surface area contributed by atoms with Gasteiger partial charge >= 0.3 is 0 Å². The zero-order valence-electron chi connectivity index (χ0n) is 26.0. The van der Waals surface area contributed by atoms with Crippen LogP contribution in [0.4, 0.5) is 0 Å². The number of rotatable bonds is 6. The van der Waals surface area contributed by atoms with E-state index in [0.29, 0.717) is 0 Å². The summed E-state index contributed by atoms with van der Waals surface area (Å²) in [4.78, 5) is 15.5. The highest BCUT2D eigenvalue weighted by atomic mass is 15.5. The Bertz CT molecular complexity index is 1440. The molecule has 4 aromatic carbocycles. The van der Waals surface area contributed by atoms with Gasteiger partial charge in [0.1, 0.15) is 12.3 Å². The van der Waals surface area contributed by atoms with E-state index < -0.39 is 0 Å². The molecule has 1 aromatic heterocycles. The minimum absolute atomic E-state index is 0.0252. The summed E-state index contributed by atoms with van der Waals surface area (Å²) in [5, 5.41) is 0. The molecule has 0 bridgehead atoms. The van der Waals surface area contributed by atoms with Gasteiger partial charge in [0.15, 0.2) is 0 Å². The lowest BCUT2D eigenvalue weighted by molar-refractivity contribution is 0.148. The molecule has 0 N–H and O–H groups in total. The lowest BCUT2D eigenvalue weighted by Crippen LogP contribution is -2.30. The second-order valence-corrected chi connectivity index (χ2v) is 12.3. The van der Waals surface area contributed by atoms with Gasteiger partial charge in [0.25, 0.3) is 0 Å². The summed E-state index contributed by atoms with van der Waals surface area (Å²) in [7, 11) is 9.00. The molecular weight excluding hydrogens is 538 g/mol. The molecule has 5 aromatic rings. The number of nitrogens with zero attached hydrogens (tertiary/aromatic N) is 5. The first-order chi connectivity index (χ1) is 21.5. The summed E-state index contributed by atoms with van der Waals surface area (Å²) in [5.74, 6) is 0. The van der Waals surface area contributed by atoms with Crippen LogP contribution in [0.3, 0.4) is 0 Å². The van der Waals surface area contributed by atoms with Crippen molar-refractivity contribution in [3.63, 3.8) is 0 Å². The summed E-state index contributed by atoms with van der Waals surface area (Å²) < 4.78 is 0. The van der Waals surface area contributed by atoms with Crippen LogP contribution in [0.25, 0.3) is 0 Å². The Labute approximate surface area is 262 Å². The molecule has 0 spiro atoms. The van der Waals surface area contributed by atoms with Gasteiger partial charge in [0, 0.05) is 0 Å². The number of hydrogen-bond donors (Lipinski definition) is 0. The Morgan fingerprint density at radius 1 is 0.341 bits per heavy atom. The molecular formula is C39H41N5. The van der Waals surface area contributed by atoms with Crippen LogP contribution >= 0.6 is 0 Å². The maximum Gasteiger partial charge on any atom is 0.107 e. The van der Waals surface area contributed by atoms with E-state index in [1.807, 2.05) is 0 Å². The molecule has 44 heavy (non-hydrogen) atoms. The van der Waals surface area contributed by atoms with E-state index in [1.165, 1.54) is 22.3 Å². The molecule has 5 nitrogen and oxygen atoms in total. The average molecular weight is 580 g/mol. The first-order valence-electron chi connectivity index (χ1n) is 15.6. The smallest absolute Gasteiger partial charge is 0.107 e. The van der Waals surface area contributed by atoms with Gasteiger partial charge in [0.2, 0.25) is 0 Å². The van der Waals surface area contributed by atoms with Crippen molar-refractivity contribution in [2.45, 2.75) is 36.5 Å². The Morgan fingerprint density at radius 3 is 0.841 bits per heavy atom. The van der Waals surface area contributed by atoms with Crippen molar-refractivity contribution in [3.8, 4) is 0 Å². The van der Waals surface area contributed by atoms with E-state index in [0.717, 1.165) is 11.4 Å². The highest BCUT2D eigenvalue weighted by Gasteiger charge is 2.48. The molecule has 3 heterocycles. The number of benzene rings is 4. The van der Waals surface area contributed by atoms with Crippen LogP contribution in [-0.2, 0) is 0 Å². The molecule has 222 valence electrons. The third kappa shape index (κ3) is 4.96. The minimum atomic E-state index is 0.0252. The van der Waals surface area contributed by atoms with Crippen LogP contribution in [-0.4, -0.2) is 52.8 Å². The summed E-state index contributed by atoms with van der Waals surface area (Å²) in [6.45, 7) is 0. The van der Waals surface area contributed by atoms with Crippen molar-refractivity contribution in [1.29, 1.82) is 0 Å². The molecule has 0 saturated carbocycles. The normalized spacial score (nSPS) is 24.3. The minimum Gasteiger partial charge on any atom is -0.277 e. The standard InChI is InChI=1S/C39H41N5/c1-41-34(28-18-9-5-10-19-28)35(29-20-11-6-12-21-29)42(2)38(41)32-26-17-27-33(40-32)39-43(3)36(30-22-13-7-14-23-30)37(44(39)4)31-24-15-8-16-25-31/h5-27,34-39H,1-4H3/t34-,35-,36-,37-/m1/s1. The topological polar surface area (TPSA) is 25.9 Å². The first kappa shape index (κ1) is 28.6. The van der Waals surface area contributed by atoms with Crippen LogP contribution in [0.1, 0.15) is 70.1 Å². The summed E-state index contributed by atoms with van der Waals surface area (Å²) in [5.41, 5.74) is 7.44. The molecule has 2 fully saturated rings. The lowest BCUT2D eigenvalue weighted by atomic mass is 9.93. The third-order valence-electron chi connectivity index (χ3n) is 9.78. The quantitative estimate of drug-likeness (QED) is 0.205. The van der Waals surface area contributed by atoms with Crippen LogP contribution in [0.2, 0.25) is 0 Å². The molecule has 4 atom stereocenters. The molecule has 0 amide bonds. The second-order valence-electron chi connectivity index (χ2n) is 12.3. The van der Waals surface area contributed by atoms with E-state index in [-0.39, 0.29) is 36.5 Å². The van der Waals surface area contributed by atoms with E-state index in [9.17, 15) is 0 Å². The van der Waals surface area contributed by atoms with Gasteiger partial charge in [-0.1, -0.05) is 127 Å². The average Bonchev–Trinajstić information content (AvgIpc) is 3.50. The molecule has 2 aliphatic heterocycles. The fraction of sp³-hybridized carbons (Fsp3) is 0.256. The molecule has 0 unspecified atom stereocenters.